The maximum atomic E-state index is 13.5. The molecule has 29 heavy (non-hydrogen) atoms. The molecule has 2 heterocycles. The zero-order valence-electron chi connectivity index (χ0n) is 16.4. The molecule has 0 N–H and O–H groups in total. The van der Waals surface area contributed by atoms with Crippen molar-refractivity contribution in [2.75, 3.05) is 19.0 Å². The number of allylic oxidation sites excluding steroid dienone is 4. The van der Waals surface area contributed by atoms with Crippen molar-refractivity contribution in [3.63, 3.8) is 0 Å². The van der Waals surface area contributed by atoms with Crippen molar-refractivity contribution in [3.8, 4) is 11.1 Å². The number of anilines is 1. The molecule has 3 rings (SSSR count). The molecule has 1 aromatic carbocycles. The van der Waals surface area contributed by atoms with E-state index in [0.29, 0.717) is 20.4 Å². The van der Waals surface area contributed by atoms with Gasteiger partial charge in [-0.2, -0.15) is 0 Å². The molecule has 8 heteroatoms. The second-order valence-corrected chi connectivity index (χ2v) is 11.1. The predicted molar refractivity (Wildman–Crippen MR) is 125 cm³/mol. The van der Waals surface area contributed by atoms with Crippen LogP contribution < -0.4 is 4.90 Å². The molecule has 0 radical (unpaired) electrons. The van der Waals surface area contributed by atoms with Crippen LogP contribution in [0.5, 0.6) is 0 Å². The number of hydrogen-bond acceptors (Lipinski definition) is 5. The highest BCUT2D eigenvalue weighted by molar-refractivity contribution is 7.97. The summed E-state index contributed by atoms with van der Waals surface area (Å²) in [5, 5.41) is 1.90. The molecule has 0 amide bonds. The quantitative estimate of drug-likeness (QED) is 0.402. The first kappa shape index (κ1) is 21.8. The van der Waals surface area contributed by atoms with Crippen LogP contribution >= 0.6 is 34.5 Å². The molecule has 0 aliphatic carbocycles. The Bertz CT molecular complexity index is 1220. The highest BCUT2D eigenvalue weighted by atomic mass is 35.5. The number of hydrogen-bond donors (Lipinski definition) is 0. The van der Waals surface area contributed by atoms with Crippen LogP contribution in [0.1, 0.15) is 13.8 Å². The van der Waals surface area contributed by atoms with Crippen molar-refractivity contribution in [2.45, 2.75) is 18.1 Å². The van der Waals surface area contributed by atoms with Crippen LogP contribution in [0.15, 0.2) is 62.8 Å². The van der Waals surface area contributed by atoms with Gasteiger partial charge in [0.15, 0.2) is 0 Å². The first-order valence-electron chi connectivity index (χ1n) is 8.73. The number of aromatic nitrogens is 1. The highest BCUT2D eigenvalue weighted by Crippen LogP contribution is 2.46. The summed E-state index contributed by atoms with van der Waals surface area (Å²) in [6.45, 7) is 3.27. The first-order valence-corrected chi connectivity index (χ1v) is 11.8. The summed E-state index contributed by atoms with van der Waals surface area (Å²) in [6, 6.07) is 9.05. The minimum Gasteiger partial charge on any atom is -0.377 e. The molecule has 0 saturated carbocycles. The zero-order chi connectivity index (χ0) is 21.3. The number of nitrogens with zero attached hydrogens (tertiary/aromatic N) is 2. The van der Waals surface area contributed by atoms with Gasteiger partial charge in [-0.15, -0.1) is 11.3 Å². The summed E-state index contributed by atoms with van der Waals surface area (Å²) < 4.78 is 27.2. The monoisotopic (exact) mass is 466 g/mol. The number of fused-ring (bicyclic) bond motifs is 1. The fourth-order valence-corrected chi connectivity index (χ4v) is 6.10. The lowest BCUT2D eigenvalue weighted by atomic mass is 10.0. The van der Waals surface area contributed by atoms with Gasteiger partial charge < -0.3 is 4.90 Å². The topological polar surface area (TPSA) is 50.3 Å². The van der Waals surface area contributed by atoms with Gasteiger partial charge in [0.05, 0.1) is 0 Å². The average molecular weight is 467 g/mol. The molecule has 3 aromatic rings. The number of pyridine rings is 1. The molecule has 152 valence electrons. The Balaban J connectivity index is 2.40. The van der Waals surface area contributed by atoms with E-state index in [1.807, 2.05) is 37.2 Å². The van der Waals surface area contributed by atoms with Gasteiger partial charge >= 0.3 is 0 Å². The van der Waals surface area contributed by atoms with E-state index in [1.54, 1.807) is 38.3 Å². The summed E-state index contributed by atoms with van der Waals surface area (Å²) in [7, 11) is 0.101. The van der Waals surface area contributed by atoms with Crippen LogP contribution in [0.3, 0.4) is 0 Å². The molecule has 2 aromatic heterocycles. The lowest BCUT2D eigenvalue weighted by molar-refractivity contribution is 0.604. The standard InChI is InChI=1S/C21H20Cl2N2O2S2/c1-13(22)5-6-14(2)29(26,27)21-18(15-7-9-16(23)10-8-15)19-17(25(3)4)11-12-24-20(19)28-21/h5-12H,1-4H3/b13-5+,14-6+. The summed E-state index contributed by atoms with van der Waals surface area (Å²) in [4.78, 5) is 7.27. The van der Waals surface area contributed by atoms with Crippen LogP contribution in [-0.2, 0) is 9.84 Å². The molecule has 0 aliphatic heterocycles. The third-order valence-corrected chi connectivity index (χ3v) is 8.22. The molecular weight excluding hydrogens is 447 g/mol. The van der Waals surface area contributed by atoms with Crippen molar-refractivity contribution >= 4 is 60.3 Å². The molecular formula is C21H20Cl2N2O2S2. The van der Waals surface area contributed by atoms with Gasteiger partial charge in [-0.05, 0) is 49.8 Å². The van der Waals surface area contributed by atoms with Gasteiger partial charge in [0.25, 0.3) is 0 Å². The Hall–Kier alpha value is -1.86. The normalized spacial score (nSPS) is 13.2. The second kappa shape index (κ2) is 8.48. The minimum absolute atomic E-state index is 0.214. The van der Waals surface area contributed by atoms with E-state index in [-0.39, 0.29) is 9.11 Å². The van der Waals surface area contributed by atoms with Crippen LogP contribution in [0.4, 0.5) is 5.69 Å². The summed E-state index contributed by atoms with van der Waals surface area (Å²) >= 11 is 13.1. The summed E-state index contributed by atoms with van der Waals surface area (Å²) in [5.41, 5.74) is 2.31. The van der Waals surface area contributed by atoms with E-state index in [2.05, 4.69) is 4.98 Å². The third-order valence-electron chi connectivity index (χ3n) is 4.37. The molecule has 0 fully saturated rings. The van der Waals surface area contributed by atoms with E-state index in [4.69, 9.17) is 23.2 Å². The van der Waals surface area contributed by atoms with E-state index in [9.17, 15) is 8.42 Å². The maximum Gasteiger partial charge on any atom is 0.212 e. The van der Waals surface area contributed by atoms with Gasteiger partial charge in [-0.1, -0.05) is 35.3 Å². The summed E-state index contributed by atoms with van der Waals surface area (Å²) in [5.74, 6) is 0. The van der Waals surface area contributed by atoms with Crippen molar-refractivity contribution in [2.24, 2.45) is 0 Å². The second-order valence-electron chi connectivity index (χ2n) is 6.71. The van der Waals surface area contributed by atoms with Crippen molar-refractivity contribution in [1.29, 1.82) is 0 Å². The van der Waals surface area contributed by atoms with Crippen LogP contribution in [-0.4, -0.2) is 27.5 Å². The van der Waals surface area contributed by atoms with Gasteiger partial charge in [-0.25, -0.2) is 13.4 Å². The lowest BCUT2D eigenvalue weighted by Crippen LogP contribution is -2.09. The maximum absolute atomic E-state index is 13.5. The zero-order valence-corrected chi connectivity index (χ0v) is 19.5. The van der Waals surface area contributed by atoms with E-state index < -0.39 is 9.84 Å². The molecule has 0 unspecified atom stereocenters. The number of rotatable bonds is 5. The number of sulfone groups is 1. The van der Waals surface area contributed by atoms with Crippen LogP contribution in [0.25, 0.3) is 21.3 Å². The summed E-state index contributed by atoms with van der Waals surface area (Å²) in [6.07, 6.45) is 4.79. The van der Waals surface area contributed by atoms with Crippen molar-refractivity contribution in [3.05, 3.63) is 63.6 Å². The smallest absolute Gasteiger partial charge is 0.212 e. The van der Waals surface area contributed by atoms with Gasteiger partial charge in [0.2, 0.25) is 9.84 Å². The van der Waals surface area contributed by atoms with Crippen molar-refractivity contribution in [1.82, 2.24) is 4.98 Å². The molecule has 0 spiro atoms. The average Bonchev–Trinajstić information content (AvgIpc) is 3.06. The van der Waals surface area contributed by atoms with Crippen molar-refractivity contribution < 1.29 is 8.42 Å². The molecule has 0 aliphatic rings. The van der Waals surface area contributed by atoms with Gasteiger partial charge in [-0.3, -0.25) is 0 Å². The van der Waals surface area contributed by atoms with Gasteiger partial charge in [0.1, 0.15) is 9.04 Å². The number of halogens is 2. The minimum atomic E-state index is -3.74. The Kier molecular flexibility index (Phi) is 6.39. The Morgan fingerprint density at radius 3 is 2.34 bits per heavy atom. The lowest BCUT2D eigenvalue weighted by Gasteiger charge is -2.15. The molecule has 0 atom stereocenters. The third kappa shape index (κ3) is 4.36. The number of thiophene rings is 1. The predicted octanol–water partition coefficient (Wildman–Crippen LogP) is 6.50. The fraction of sp³-hybridized carbons (Fsp3) is 0.190. The molecule has 0 bridgehead atoms. The molecule has 4 nitrogen and oxygen atoms in total. The van der Waals surface area contributed by atoms with Crippen LogP contribution in [0, 0.1) is 0 Å². The van der Waals surface area contributed by atoms with E-state index in [1.165, 1.54) is 17.4 Å². The first-order chi connectivity index (χ1) is 13.6. The van der Waals surface area contributed by atoms with E-state index >= 15 is 0 Å². The highest BCUT2D eigenvalue weighted by Gasteiger charge is 2.28. The molecule has 0 saturated heterocycles. The largest absolute Gasteiger partial charge is 0.377 e. The SMILES string of the molecule is C/C(Cl)=C\C=C(/C)S(=O)(=O)c1sc2nccc(N(C)C)c2c1-c1ccc(Cl)cc1. The Morgan fingerprint density at radius 2 is 1.76 bits per heavy atom. The number of benzene rings is 1. The van der Waals surface area contributed by atoms with Gasteiger partial charge in [0, 0.05) is 51.9 Å². The van der Waals surface area contributed by atoms with Crippen LogP contribution in [0.2, 0.25) is 5.02 Å². The van der Waals surface area contributed by atoms with E-state index in [0.717, 1.165) is 16.6 Å². The Morgan fingerprint density at radius 1 is 1.10 bits per heavy atom. The fourth-order valence-electron chi connectivity index (χ4n) is 2.89. The Labute approximate surface area is 185 Å².